The largest absolute Gasteiger partial charge is 0.355 e. The van der Waals surface area contributed by atoms with Crippen molar-refractivity contribution in [2.75, 3.05) is 6.54 Å². The van der Waals surface area contributed by atoms with Gasteiger partial charge in [0.15, 0.2) is 0 Å². The zero-order valence-electron chi connectivity index (χ0n) is 12.5. The van der Waals surface area contributed by atoms with Gasteiger partial charge >= 0.3 is 0 Å². The molecule has 0 spiro atoms. The Hall–Kier alpha value is -2.23. The molecule has 0 heterocycles. The predicted molar refractivity (Wildman–Crippen MR) is 82.5 cm³/mol. The molecular weight excluding hydrogens is 284 g/mol. The van der Waals surface area contributed by atoms with Crippen molar-refractivity contribution < 1.29 is 13.6 Å². The molecule has 2 aromatic carbocycles. The van der Waals surface area contributed by atoms with Gasteiger partial charge in [0.2, 0.25) is 5.91 Å². The summed E-state index contributed by atoms with van der Waals surface area (Å²) in [7, 11) is 0. The summed E-state index contributed by atoms with van der Waals surface area (Å²) in [6, 6.07) is 12.7. The van der Waals surface area contributed by atoms with E-state index < -0.39 is 0 Å². The van der Waals surface area contributed by atoms with E-state index in [1.807, 2.05) is 6.92 Å². The van der Waals surface area contributed by atoms with Crippen LogP contribution in [0.5, 0.6) is 0 Å². The standard InChI is InChI=1S/C18H19F2NO/c1-13(14-6-9-16(19)10-7-14)12-21-18(22)11-8-15-4-2-3-5-17(15)20/h2-7,9-10,13H,8,11-12H2,1H3,(H,21,22). The molecule has 0 aliphatic rings. The van der Waals surface area contributed by atoms with Crippen LogP contribution in [0.25, 0.3) is 0 Å². The van der Waals surface area contributed by atoms with Crippen LogP contribution in [0.3, 0.4) is 0 Å². The van der Waals surface area contributed by atoms with E-state index in [1.165, 1.54) is 18.2 Å². The van der Waals surface area contributed by atoms with Crippen LogP contribution >= 0.6 is 0 Å². The molecule has 1 atom stereocenters. The molecule has 0 aliphatic heterocycles. The Morgan fingerprint density at radius 1 is 1.09 bits per heavy atom. The molecule has 0 saturated carbocycles. The quantitative estimate of drug-likeness (QED) is 0.863. The van der Waals surface area contributed by atoms with Crippen molar-refractivity contribution in [1.82, 2.24) is 5.32 Å². The second kappa shape index (κ2) is 7.69. The molecule has 1 amide bonds. The van der Waals surface area contributed by atoms with Gasteiger partial charge in [-0.3, -0.25) is 4.79 Å². The fraction of sp³-hybridized carbons (Fsp3) is 0.278. The number of amides is 1. The average molecular weight is 303 g/mol. The highest BCUT2D eigenvalue weighted by atomic mass is 19.1. The molecule has 0 bridgehead atoms. The fourth-order valence-electron chi connectivity index (χ4n) is 2.21. The van der Waals surface area contributed by atoms with Crippen molar-refractivity contribution in [1.29, 1.82) is 0 Å². The number of rotatable bonds is 6. The van der Waals surface area contributed by atoms with Crippen LogP contribution in [0.4, 0.5) is 8.78 Å². The van der Waals surface area contributed by atoms with Gasteiger partial charge < -0.3 is 5.32 Å². The van der Waals surface area contributed by atoms with Crippen LogP contribution in [0.1, 0.15) is 30.4 Å². The molecular formula is C18H19F2NO. The monoisotopic (exact) mass is 303 g/mol. The number of carbonyl (C=O) groups is 1. The van der Waals surface area contributed by atoms with E-state index in [2.05, 4.69) is 5.32 Å². The molecule has 0 saturated heterocycles. The fourth-order valence-corrected chi connectivity index (χ4v) is 2.21. The molecule has 116 valence electrons. The van der Waals surface area contributed by atoms with E-state index in [9.17, 15) is 13.6 Å². The van der Waals surface area contributed by atoms with Crippen molar-refractivity contribution in [2.45, 2.75) is 25.7 Å². The summed E-state index contributed by atoms with van der Waals surface area (Å²) in [6.07, 6.45) is 0.626. The second-order valence-corrected chi connectivity index (χ2v) is 5.35. The summed E-state index contributed by atoms with van der Waals surface area (Å²) >= 11 is 0. The minimum absolute atomic E-state index is 0.0954. The van der Waals surface area contributed by atoms with Crippen molar-refractivity contribution in [3.8, 4) is 0 Å². The molecule has 2 nitrogen and oxygen atoms in total. The molecule has 1 N–H and O–H groups in total. The number of hydrogen-bond acceptors (Lipinski definition) is 1. The summed E-state index contributed by atoms with van der Waals surface area (Å²) in [5.74, 6) is -0.574. The van der Waals surface area contributed by atoms with E-state index in [0.29, 0.717) is 18.5 Å². The third-order valence-electron chi connectivity index (χ3n) is 3.62. The maximum atomic E-state index is 13.4. The molecule has 0 radical (unpaired) electrons. The Morgan fingerprint density at radius 2 is 1.77 bits per heavy atom. The van der Waals surface area contributed by atoms with Gasteiger partial charge in [0.05, 0.1) is 0 Å². The minimum atomic E-state index is -0.282. The number of nitrogens with one attached hydrogen (secondary N) is 1. The van der Waals surface area contributed by atoms with Gasteiger partial charge in [0, 0.05) is 13.0 Å². The second-order valence-electron chi connectivity index (χ2n) is 5.35. The van der Waals surface area contributed by atoms with Gasteiger partial charge in [-0.15, -0.1) is 0 Å². The molecule has 0 aliphatic carbocycles. The smallest absolute Gasteiger partial charge is 0.220 e. The van der Waals surface area contributed by atoms with Crippen LogP contribution in [-0.4, -0.2) is 12.5 Å². The third-order valence-corrected chi connectivity index (χ3v) is 3.62. The number of benzene rings is 2. The minimum Gasteiger partial charge on any atom is -0.355 e. The number of hydrogen-bond donors (Lipinski definition) is 1. The van der Waals surface area contributed by atoms with Crippen molar-refractivity contribution >= 4 is 5.91 Å². The van der Waals surface area contributed by atoms with Crippen LogP contribution in [-0.2, 0) is 11.2 Å². The summed E-state index contributed by atoms with van der Waals surface area (Å²) in [6.45, 7) is 2.44. The van der Waals surface area contributed by atoms with E-state index in [-0.39, 0.29) is 29.9 Å². The zero-order chi connectivity index (χ0) is 15.9. The van der Waals surface area contributed by atoms with E-state index >= 15 is 0 Å². The Morgan fingerprint density at radius 3 is 2.45 bits per heavy atom. The Bertz CT molecular complexity index is 625. The normalized spacial score (nSPS) is 12.0. The molecule has 4 heteroatoms. The SMILES string of the molecule is CC(CNC(=O)CCc1ccccc1F)c1ccc(F)cc1. The molecule has 0 aromatic heterocycles. The lowest BCUT2D eigenvalue weighted by molar-refractivity contribution is -0.121. The predicted octanol–water partition coefficient (Wildman–Crippen LogP) is 3.82. The van der Waals surface area contributed by atoms with Crippen LogP contribution < -0.4 is 5.32 Å². The summed E-state index contributed by atoms with van der Waals surface area (Å²) in [4.78, 5) is 11.8. The molecule has 1 unspecified atom stereocenters. The Kier molecular flexibility index (Phi) is 5.64. The first-order valence-corrected chi connectivity index (χ1v) is 7.32. The topological polar surface area (TPSA) is 29.1 Å². The van der Waals surface area contributed by atoms with Crippen molar-refractivity contribution in [3.05, 3.63) is 71.3 Å². The van der Waals surface area contributed by atoms with Crippen LogP contribution in [0.2, 0.25) is 0 Å². The summed E-state index contributed by atoms with van der Waals surface area (Å²) in [5, 5.41) is 2.83. The first kappa shape index (κ1) is 16.1. The first-order valence-electron chi connectivity index (χ1n) is 7.32. The number of halogens is 2. The summed E-state index contributed by atoms with van der Waals surface area (Å²) in [5.41, 5.74) is 1.51. The van der Waals surface area contributed by atoms with Gasteiger partial charge in [-0.25, -0.2) is 8.78 Å². The van der Waals surface area contributed by atoms with Crippen molar-refractivity contribution in [2.24, 2.45) is 0 Å². The lowest BCUT2D eigenvalue weighted by atomic mass is 10.0. The first-order chi connectivity index (χ1) is 10.6. The van der Waals surface area contributed by atoms with Crippen LogP contribution in [0, 0.1) is 11.6 Å². The molecule has 22 heavy (non-hydrogen) atoms. The van der Waals surface area contributed by atoms with Gasteiger partial charge in [0.25, 0.3) is 0 Å². The van der Waals surface area contributed by atoms with Gasteiger partial charge in [-0.2, -0.15) is 0 Å². The average Bonchev–Trinajstić information content (AvgIpc) is 2.52. The van der Waals surface area contributed by atoms with E-state index in [1.54, 1.807) is 30.3 Å². The number of carbonyl (C=O) groups excluding carboxylic acids is 1. The Balaban J connectivity index is 1.78. The zero-order valence-corrected chi connectivity index (χ0v) is 12.5. The van der Waals surface area contributed by atoms with E-state index in [4.69, 9.17) is 0 Å². The number of aryl methyl sites for hydroxylation is 1. The van der Waals surface area contributed by atoms with Gasteiger partial charge in [0.1, 0.15) is 11.6 Å². The molecule has 2 aromatic rings. The third kappa shape index (κ3) is 4.65. The summed E-state index contributed by atoms with van der Waals surface area (Å²) < 4.78 is 26.3. The lowest BCUT2D eigenvalue weighted by Crippen LogP contribution is -2.27. The Labute approximate surface area is 129 Å². The highest BCUT2D eigenvalue weighted by molar-refractivity contribution is 5.76. The highest BCUT2D eigenvalue weighted by Crippen LogP contribution is 2.15. The lowest BCUT2D eigenvalue weighted by Gasteiger charge is -2.13. The molecule has 0 fully saturated rings. The van der Waals surface area contributed by atoms with Crippen LogP contribution in [0.15, 0.2) is 48.5 Å². The maximum absolute atomic E-state index is 13.4. The maximum Gasteiger partial charge on any atom is 0.220 e. The van der Waals surface area contributed by atoms with E-state index in [0.717, 1.165) is 5.56 Å². The highest BCUT2D eigenvalue weighted by Gasteiger charge is 2.09. The van der Waals surface area contributed by atoms with Gasteiger partial charge in [-0.05, 0) is 41.7 Å². The van der Waals surface area contributed by atoms with Gasteiger partial charge in [-0.1, -0.05) is 37.3 Å². The van der Waals surface area contributed by atoms with Crippen molar-refractivity contribution in [3.63, 3.8) is 0 Å². The molecule has 2 rings (SSSR count).